The molecular weight excluding hydrogens is 655 g/mol. The van der Waals surface area contributed by atoms with Crippen molar-refractivity contribution in [3.8, 4) is 5.69 Å². The Morgan fingerprint density at radius 2 is 1.30 bits per heavy atom. The van der Waals surface area contributed by atoms with E-state index in [1.165, 1.54) is 87.4 Å². The Bertz CT molecular complexity index is 3270. The second-order valence-corrected chi connectivity index (χ2v) is 14.9. The summed E-state index contributed by atoms with van der Waals surface area (Å²) in [7, 11) is 0. The molecule has 0 N–H and O–H groups in total. The summed E-state index contributed by atoms with van der Waals surface area (Å²) in [5.41, 5.74) is 13.5. The van der Waals surface area contributed by atoms with Gasteiger partial charge in [-0.1, -0.05) is 133 Å². The van der Waals surface area contributed by atoms with Gasteiger partial charge in [0.1, 0.15) is 0 Å². The monoisotopic (exact) mass is 689 g/mol. The van der Waals surface area contributed by atoms with Gasteiger partial charge < -0.3 is 8.97 Å². The highest BCUT2D eigenvalue weighted by atomic mass is 15.0. The first kappa shape index (κ1) is 29.8. The van der Waals surface area contributed by atoms with Gasteiger partial charge in [-0.05, 0) is 72.2 Å². The fourth-order valence-corrected chi connectivity index (χ4v) is 9.72. The van der Waals surface area contributed by atoms with Crippen LogP contribution in [0.15, 0.2) is 175 Å². The van der Waals surface area contributed by atoms with Crippen molar-refractivity contribution < 1.29 is 0 Å². The highest BCUT2D eigenvalue weighted by Crippen LogP contribution is 2.48. The minimum Gasteiger partial charge on any atom is -0.309 e. The maximum absolute atomic E-state index is 5.40. The topological polar surface area (TPSA) is 21.7 Å². The van der Waals surface area contributed by atoms with Crippen molar-refractivity contribution in [3.63, 3.8) is 0 Å². The molecular formula is C51H35N3. The van der Waals surface area contributed by atoms with Gasteiger partial charge in [-0.2, -0.15) is 0 Å². The minimum atomic E-state index is 0.375. The van der Waals surface area contributed by atoms with Crippen LogP contribution in [0.5, 0.6) is 0 Å². The lowest BCUT2D eigenvalue weighted by molar-refractivity contribution is 0.688. The zero-order chi connectivity index (χ0) is 35.3. The second-order valence-electron chi connectivity index (χ2n) is 14.9. The zero-order valence-electron chi connectivity index (χ0n) is 29.7. The number of benzene rings is 7. The van der Waals surface area contributed by atoms with Gasteiger partial charge in [0.15, 0.2) is 0 Å². The molecule has 0 amide bonds. The van der Waals surface area contributed by atoms with Gasteiger partial charge in [0.05, 0.1) is 33.3 Å². The molecule has 0 radical (unpaired) electrons. The molecule has 0 bridgehead atoms. The van der Waals surface area contributed by atoms with Crippen LogP contribution >= 0.6 is 0 Å². The summed E-state index contributed by atoms with van der Waals surface area (Å²) >= 11 is 0. The van der Waals surface area contributed by atoms with E-state index in [-0.39, 0.29) is 0 Å². The second kappa shape index (κ2) is 11.4. The molecule has 3 nitrogen and oxygen atoms in total. The third-order valence-electron chi connectivity index (χ3n) is 12.1. The van der Waals surface area contributed by atoms with Gasteiger partial charge in [0.25, 0.3) is 0 Å². The molecule has 3 aromatic heterocycles. The van der Waals surface area contributed by atoms with Crippen LogP contribution in [0.1, 0.15) is 30.4 Å². The summed E-state index contributed by atoms with van der Waals surface area (Å²) < 4.78 is 5.03. The number of nitrogens with zero attached hydrogens (tertiary/aromatic N) is 3. The van der Waals surface area contributed by atoms with E-state index in [9.17, 15) is 0 Å². The third-order valence-corrected chi connectivity index (χ3v) is 12.1. The van der Waals surface area contributed by atoms with Crippen molar-refractivity contribution in [2.45, 2.75) is 19.3 Å². The minimum absolute atomic E-state index is 0.375. The number of fused-ring (bicyclic) bond motifs is 13. The van der Waals surface area contributed by atoms with Crippen LogP contribution in [0.4, 0.5) is 0 Å². The van der Waals surface area contributed by atoms with Crippen molar-refractivity contribution in [3.05, 3.63) is 181 Å². The van der Waals surface area contributed by atoms with E-state index in [0.29, 0.717) is 5.92 Å². The number of para-hydroxylation sites is 2. The lowest BCUT2D eigenvalue weighted by atomic mass is 9.87. The SMILES string of the molecule is C1=C/C2=N/C(c3ccccc3)=C(/c3ccc(-n4c5ccccc5c5c6c7ccc8ccccc8c7n7c8ccccc8c(cc54)c67)cc3)CCCC2C=C1. The van der Waals surface area contributed by atoms with Crippen molar-refractivity contribution in [2.24, 2.45) is 10.9 Å². The van der Waals surface area contributed by atoms with E-state index < -0.39 is 0 Å². The molecule has 2 aliphatic rings. The average molecular weight is 690 g/mol. The van der Waals surface area contributed by atoms with Gasteiger partial charge in [0, 0.05) is 60.6 Å². The number of hydrogen-bond donors (Lipinski definition) is 0. The van der Waals surface area contributed by atoms with E-state index in [2.05, 4.69) is 179 Å². The first-order valence-electron chi connectivity index (χ1n) is 19.2. The molecule has 12 rings (SSSR count). The largest absolute Gasteiger partial charge is 0.309 e. The van der Waals surface area contributed by atoms with Crippen molar-refractivity contribution >= 4 is 87.7 Å². The first-order chi connectivity index (χ1) is 26.8. The Labute approximate surface area is 312 Å². The molecule has 254 valence electrons. The van der Waals surface area contributed by atoms with Crippen LogP contribution in [-0.2, 0) is 0 Å². The van der Waals surface area contributed by atoms with E-state index in [1.807, 2.05) is 0 Å². The standard InChI is InChI=1S/C51H35N3/c1-2-15-35(16-3-1)49-37(21-12-17-34-14-5-9-22-43(34)52-49)33-25-28-36(29-26-33)53-45-24-11-8-20-40(45)47-46(53)31-42-39-19-7-10-23-44(39)54-50-38-18-6-4-13-32(38)27-30-41(50)48(47)51(42)54/h1-11,13-16,18-20,22-31,34H,12,17,21H2/b49-37+,52-43-. The third kappa shape index (κ3) is 4.15. The van der Waals surface area contributed by atoms with Gasteiger partial charge in [-0.25, -0.2) is 0 Å². The number of aromatic nitrogens is 2. The Kier molecular flexibility index (Phi) is 6.29. The fourth-order valence-electron chi connectivity index (χ4n) is 9.72. The highest BCUT2D eigenvalue weighted by Gasteiger charge is 2.25. The van der Waals surface area contributed by atoms with Crippen LogP contribution in [0.2, 0.25) is 0 Å². The van der Waals surface area contributed by atoms with Gasteiger partial charge in [0.2, 0.25) is 0 Å². The van der Waals surface area contributed by atoms with E-state index >= 15 is 0 Å². The normalized spacial score (nSPS) is 18.7. The molecule has 1 aliphatic heterocycles. The highest BCUT2D eigenvalue weighted by molar-refractivity contribution is 6.37. The van der Waals surface area contributed by atoms with E-state index in [1.54, 1.807) is 0 Å². The van der Waals surface area contributed by atoms with Crippen LogP contribution in [0, 0.1) is 5.92 Å². The summed E-state index contributed by atoms with van der Waals surface area (Å²) in [6, 6.07) is 53.9. The maximum atomic E-state index is 5.40. The number of aliphatic imine (C=N–C) groups is 1. The quantitative estimate of drug-likeness (QED) is 0.176. The average Bonchev–Trinajstić information content (AvgIpc) is 3.86. The molecule has 0 saturated heterocycles. The summed E-state index contributed by atoms with van der Waals surface area (Å²) in [6.07, 6.45) is 12.0. The predicted molar refractivity (Wildman–Crippen MR) is 229 cm³/mol. The maximum Gasteiger partial charge on any atom is 0.0743 e. The molecule has 7 aromatic carbocycles. The number of rotatable bonds is 3. The summed E-state index contributed by atoms with van der Waals surface area (Å²) in [4.78, 5) is 5.40. The van der Waals surface area contributed by atoms with Crippen molar-refractivity contribution in [1.82, 2.24) is 8.97 Å². The van der Waals surface area contributed by atoms with E-state index in [0.717, 1.165) is 36.4 Å². The van der Waals surface area contributed by atoms with Crippen LogP contribution in [0.3, 0.4) is 0 Å². The molecule has 1 aliphatic carbocycles. The molecule has 1 unspecified atom stereocenters. The van der Waals surface area contributed by atoms with Crippen molar-refractivity contribution in [2.75, 3.05) is 0 Å². The summed E-state index contributed by atoms with van der Waals surface area (Å²) in [5.74, 6) is 0.375. The van der Waals surface area contributed by atoms with Crippen LogP contribution in [-0.4, -0.2) is 14.7 Å². The van der Waals surface area contributed by atoms with Crippen LogP contribution < -0.4 is 0 Å². The zero-order valence-corrected chi connectivity index (χ0v) is 29.7. The predicted octanol–water partition coefficient (Wildman–Crippen LogP) is 13.3. The molecule has 3 heteroatoms. The Morgan fingerprint density at radius 3 is 2.17 bits per heavy atom. The van der Waals surface area contributed by atoms with Gasteiger partial charge in [-0.3, -0.25) is 4.99 Å². The van der Waals surface area contributed by atoms with Crippen LogP contribution in [0.25, 0.3) is 87.6 Å². The molecule has 10 aromatic rings. The van der Waals surface area contributed by atoms with Gasteiger partial charge in [-0.15, -0.1) is 0 Å². The Hall–Kier alpha value is -6.71. The molecule has 1 atom stereocenters. The molecule has 0 saturated carbocycles. The van der Waals surface area contributed by atoms with Crippen molar-refractivity contribution in [1.29, 1.82) is 0 Å². The van der Waals surface area contributed by atoms with Gasteiger partial charge >= 0.3 is 0 Å². The lowest BCUT2D eigenvalue weighted by Crippen LogP contribution is -2.14. The Balaban J connectivity index is 1.13. The summed E-state index contributed by atoms with van der Waals surface area (Å²) in [5, 5.41) is 10.4. The molecule has 0 spiro atoms. The fraction of sp³-hybridized carbons (Fsp3) is 0.0784. The lowest BCUT2D eigenvalue weighted by Gasteiger charge is -2.22. The summed E-state index contributed by atoms with van der Waals surface area (Å²) in [6.45, 7) is 0. The Morgan fingerprint density at radius 1 is 0.537 bits per heavy atom. The number of hydrogen-bond acceptors (Lipinski definition) is 1. The van der Waals surface area contributed by atoms with E-state index in [4.69, 9.17) is 4.99 Å². The first-order valence-corrected chi connectivity index (χ1v) is 19.2. The molecule has 54 heavy (non-hydrogen) atoms. The molecule has 0 fully saturated rings. The number of allylic oxidation sites excluding steroid dienone is 5. The smallest absolute Gasteiger partial charge is 0.0743 e. The molecule has 4 heterocycles.